The molecule has 1 unspecified atom stereocenters. The van der Waals surface area contributed by atoms with Gasteiger partial charge in [-0.2, -0.15) is 5.10 Å². The minimum atomic E-state index is 0.342. The van der Waals surface area contributed by atoms with E-state index >= 15 is 0 Å². The second-order valence-corrected chi connectivity index (χ2v) is 8.43. The Labute approximate surface area is 169 Å². The summed E-state index contributed by atoms with van der Waals surface area (Å²) in [7, 11) is 0. The molecule has 5 nitrogen and oxygen atoms in total. The Morgan fingerprint density at radius 1 is 1.21 bits per heavy atom. The molecule has 5 rings (SSSR count). The van der Waals surface area contributed by atoms with Crippen LogP contribution in [0.3, 0.4) is 0 Å². The molecule has 1 aromatic carbocycles. The second-order valence-electron chi connectivity index (χ2n) is 7.49. The molecule has 4 heterocycles. The summed E-state index contributed by atoms with van der Waals surface area (Å²) in [5, 5.41) is 5.87. The maximum atomic E-state index is 5.85. The van der Waals surface area contributed by atoms with Crippen molar-refractivity contribution in [2.24, 2.45) is 5.10 Å². The van der Waals surface area contributed by atoms with Gasteiger partial charge < -0.3 is 9.30 Å². The van der Waals surface area contributed by atoms with Crippen molar-refractivity contribution < 1.29 is 4.74 Å². The topological polar surface area (TPSA) is 44.3 Å². The Morgan fingerprint density at radius 2 is 2.07 bits per heavy atom. The number of imidazole rings is 1. The summed E-state index contributed by atoms with van der Waals surface area (Å²) in [5.74, 6) is 0.843. The third kappa shape index (κ3) is 3.20. The van der Waals surface area contributed by atoms with Crippen LogP contribution in [0, 0.1) is 13.8 Å². The lowest BCUT2D eigenvalue weighted by atomic mass is 10.1. The summed E-state index contributed by atoms with van der Waals surface area (Å²) in [6.45, 7) is 6.21. The van der Waals surface area contributed by atoms with E-state index in [1.165, 1.54) is 23.4 Å². The van der Waals surface area contributed by atoms with Crippen LogP contribution < -0.4 is 0 Å². The van der Waals surface area contributed by atoms with Crippen LogP contribution in [-0.2, 0) is 11.3 Å². The molecule has 2 aliphatic rings. The molecule has 0 radical (unpaired) electrons. The summed E-state index contributed by atoms with van der Waals surface area (Å²) in [6.07, 6.45) is 4.70. The summed E-state index contributed by atoms with van der Waals surface area (Å²) >= 11 is 1.75. The highest BCUT2D eigenvalue weighted by Gasteiger charge is 2.23. The van der Waals surface area contributed by atoms with Gasteiger partial charge in [-0.05, 0) is 32.8 Å². The number of nitrogens with zero attached hydrogens (tertiary/aromatic N) is 4. The Balaban J connectivity index is 1.46. The minimum Gasteiger partial charge on any atom is -0.376 e. The predicted octanol–water partition coefficient (Wildman–Crippen LogP) is 4.51. The van der Waals surface area contributed by atoms with Crippen molar-refractivity contribution in [1.29, 1.82) is 0 Å². The predicted molar refractivity (Wildman–Crippen MR) is 113 cm³/mol. The third-order valence-electron chi connectivity index (χ3n) is 5.59. The number of ether oxygens (including phenoxy) is 1. The minimum absolute atomic E-state index is 0.342. The molecule has 0 spiro atoms. The molecule has 1 atom stereocenters. The van der Waals surface area contributed by atoms with Gasteiger partial charge in [-0.3, -0.25) is 0 Å². The third-order valence-corrected chi connectivity index (χ3v) is 6.54. The number of rotatable bonds is 4. The van der Waals surface area contributed by atoms with Gasteiger partial charge in [0.25, 0.3) is 0 Å². The Hall–Kier alpha value is -2.31. The zero-order valence-corrected chi connectivity index (χ0v) is 17.1. The van der Waals surface area contributed by atoms with Crippen LogP contribution in [-0.4, -0.2) is 38.4 Å². The number of aryl methyl sites for hydroxylation is 1. The van der Waals surface area contributed by atoms with Gasteiger partial charge in [0.2, 0.25) is 0 Å². The Morgan fingerprint density at radius 3 is 2.86 bits per heavy atom. The molecule has 0 aliphatic carbocycles. The number of benzene rings is 1. The summed E-state index contributed by atoms with van der Waals surface area (Å²) in [6, 6.07) is 12.5. The lowest BCUT2D eigenvalue weighted by molar-refractivity contribution is 0.0962. The summed E-state index contributed by atoms with van der Waals surface area (Å²) in [4.78, 5) is 4.76. The molecular formula is C22H24N4OS. The van der Waals surface area contributed by atoms with Crippen LogP contribution >= 0.6 is 11.8 Å². The van der Waals surface area contributed by atoms with Crippen LogP contribution in [0.15, 0.2) is 52.9 Å². The van der Waals surface area contributed by atoms with Gasteiger partial charge in [-0.15, -0.1) is 0 Å². The van der Waals surface area contributed by atoms with Crippen molar-refractivity contribution in [3.63, 3.8) is 0 Å². The lowest BCUT2D eigenvalue weighted by Crippen LogP contribution is -2.18. The maximum absolute atomic E-state index is 5.85. The number of hydrogen-bond donors (Lipinski definition) is 0. The van der Waals surface area contributed by atoms with Crippen molar-refractivity contribution in [3.05, 3.63) is 59.5 Å². The number of fused-ring (bicyclic) bond motifs is 1. The van der Waals surface area contributed by atoms with Crippen LogP contribution in [0.4, 0.5) is 0 Å². The molecule has 3 aromatic rings. The monoisotopic (exact) mass is 392 g/mol. The van der Waals surface area contributed by atoms with E-state index in [4.69, 9.17) is 14.8 Å². The lowest BCUT2D eigenvalue weighted by Gasteiger charge is -2.16. The first-order valence-corrected chi connectivity index (χ1v) is 10.8. The van der Waals surface area contributed by atoms with E-state index in [9.17, 15) is 0 Å². The van der Waals surface area contributed by atoms with Gasteiger partial charge in [0.1, 0.15) is 0 Å². The van der Waals surface area contributed by atoms with Crippen molar-refractivity contribution in [1.82, 2.24) is 14.2 Å². The Kier molecular flexibility index (Phi) is 4.61. The van der Waals surface area contributed by atoms with Crippen molar-refractivity contribution in [2.45, 2.75) is 44.5 Å². The van der Waals surface area contributed by atoms with Gasteiger partial charge in [0, 0.05) is 41.4 Å². The van der Waals surface area contributed by atoms with Crippen LogP contribution in [0.1, 0.15) is 29.8 Å². The van der Waals surface area contributed by atoms with E-state index in [1.54, 1.807) is 11.8 Å². The van der Waals surface area contributed by atoms with E-state index in [2.05, 4.69) is 36.6 Å². The first-order chi connectivity index (χ1) is 13.7. The molecule has 1 saturated heterocycles. The number of aromatic nitrogens is 3. The molecule has 1 fully saturated rings. The maximum Gasteiger partial charge on any atom is 0.189 e. The fourth-order valence-corrected chi connectivity index (χ4v) is 4.93. The smallest absolute Gasteiger partial charge is 0.189 e. The summed E-state index contributed by atoms with van der Waals surface area (Å²) < 4.78 is 10.2. The fraction of sp³-hybridized carbons (Fsp3) is 0.364. The van der Waals surface area contributed by atoms with E-state index in [0.29, 0.717) is 6.10 Å². The molecule has 0 amide bonds. The molecule has 28 heavy (non-hydrogen) atoms. The van der Waals surface area contributed by atoms with Gasteiger partial charge in [-0.25, -0.2) is 9.66 Å². The van der Waals surface area contributed by atoms with E-state index in [0.717, 1.165) is 47.5 Å². The normalized spacial score (nSPS) is 18.9. The van der Waals surface area contributed by atoms with Gasteiger partial charge in [0.15, 0.2) is 5.16 Å². The average Bonchev–Trinajstić information content (AvgIpc) is 3.44. The van der Waals surface area contributed by atoms with Crippen LogP contribution in [0.2, 0.25) is 0 Å². The highest BCUT2D eigenvalue weighted by Crippen LogP contribution is 2.30. The van der Waals surface area contributed by atoms with Crippen molar-refractivity contribution in [2.75, 3.05) is 12.4 Å². The van der Waals surface area contributed by atoms with E-state index in [1.807, 2.05) is 29.1 Å². The van der Waals surface area contributed by atoms with Gasteiger partial charge >= 0.3 is 0 Å². The van der Waals surface area contributed by atoms with E-state index < -0.39 is 0 Å². The Bertz CT molecular complexity index is 1030. The van der Waals surface area contributed by atoms with E-state index in [-0.39, 0.29) is 0 Å². The highest BCUT2D eigenvalue weighted by molar-refractivity contribution is 7.99. The molecule has 144 valence electrons. The number of thioether (sulfide) groups is 1. The first-order valence-electron chi connectivity index (χ1n) is 9.83. The van der Waals surface area contributed by atoms with Crippen LogP contribution in [0.25, 0.3) is 11.3 Å². The first kappa shape index (κ1) is 17.8. The molecule has 6 heteroatoms. The van der Waals surface area contributed by atoms with Gasteiger partial charge in [0.05, 0.1) is 23.7 Å². The zero-order valence-electron chi connectivity index (χ0n) is 16.3. The van der Waals surface area contributed by atoms with Crippen molar-refractivity contribution >= 4 is 17.5 Å². The zero-order chi connectivity index (χ0) is 19.1. The highest BCUT2D eigenvalue weighted by atomic mass is 32.2. The summed E-state index contributed by atoms with van der Waals surface area (Å²) in [5.41, 5.74) is 6.99. The fourth-order valence-electron chi connectivity index (χ4n) is 4.06. The SMILES string of the molecule is Cc1cc(C2=Nn3cc(-c4ccccc4)nc3SC2)c(C)n1CC1CCCO1. The molecule has 0 N–H and O–H groups in total. The van der Waals surface area contributed by atoms with Crippen LogP contribution in [0.5, 0.6) is 0 Å². The second kappa shape index (κ2) is 7.26. The average molecular weight is 393 g/mol. The number of hydrogen-bond acceptors (Lipinski definition) is 4. The van der Waals surface area contributed by atoms with Crippen molar-refractivity contribution in [3.8, 4) is 11.3 Å². The molecular weight excluding hydrogens is 368 g/mol. The standard InChI is InChI=1S/C22H24N4OS/c1-15-11-19(16(2)25(15)12-18-9-6-10-27-18)21-14-28-22-23-20(13-26(22)24-21)17-7-4-3-5-8-17/h3-5,7-8,11,13,18H,6,9-10,12,14H2,1-2H3. The quantitative estimate of drug-likeness (QED) is 0.656. The largest absolute Gasteiger partial charge is 0.376 e. The molecule has 2 aromatic heterocycles. The molecule has 2 aliphatic heterocycles. The van der Waals surface area contributed by atoms with Gasteiger partial charge in [-0.1, -0.05) is 42.1 Å². The molecule has 0 saturated carbocycles. The molecule has 0 bridgehead atoms.